The van der Waals surface area contributed by atoms with E-state index in [0.29, 0.717) is 18.8 Å². The molecule has 5 heteroatoms. The number of nitrogens with zero attached hydrogens (tertiary/aromatic N) is 1. The minimum atomic E-state index is 0.187. The summed E-state index contributed by atoms with van der Waals surface area (Å²) in [6.45, 7) is 6.56. The average Bonchev–Trinajstić information content (AvgIpc) is 2.71. The molecule has 31 heavy (non-hydrogen) atoms. The fourth-order valence-corrected chi connectivity index (χ4v) is 4.32. The van der Waals surface area contributed by atoms with Crippen molar-refractivity contribution in [1.29, 1.82) is 0 Å². The summed E-state index contributed by atoms with van der Waals surface area (Å²) in [4.78, 5) is 14.7. The molecule has 1 atom stereocenters. The molecule has 2 aliphatic rings. The molecule has 1 aliphatic heterocycles. The Morgan fingerprint density at radius 1 is 1.00 bits per heavy atom. The lowest BCUT2D eigenvalue weighted by Gasteiger charge is -2.40. The monoisotopic (exact) mass is 423 g/mol. The third-order valence-corrected chi connectivity index (χ3v) is 6.50. The number of carbonyl (C=O) groups is 1. The highest BCUT2D eigenvalue weighted by Gasteiger charge is 2.34. The Morgan fingerprint density at radius 2 is 1.65 bits per heavy atom. The van der Waals surface area contributed by atoms with Gasteiger partial charge in [0, 0.05) is 25.1 Å². The van der Waals surface area contributed by atoms with Crippen molar-refractivity contribution in [3.8, 4) is 11.5 Å². The number of benzene rings is 2. The van der Waals surface area contributed by atoms with Crippen LogP contribution in [0.15, 0.2) is 48.5 Å². The van der Waals surface area contributed by atoms with Gasteiger partial charge in [-0.05, 0) is 67.6 Å². The Labute approximate surface area is 185 Å². The van der Waals surface area contributed by atoms with Crippen molar-refractivity contribution >= 4 is 11.5 Å². The molecule has 4 rings (SSSR count). The highest BCUT2D eigenvalue weighted by molar-refractivity contribution is 5.82. The van der Waals surface area contributed by atoms with Crippen LogP contribution in [-0.2, 0) is 9.53 Å². The van der Waals surface area contributed by atoms with Gasteiger partial charge in [0.1, 0.15) is 23.4 Å². The van der Waals surface area contributed by atoms with Crippen molar-refractivity contribution in [3.05, 3.63) is 54.1 Å². The van der Waals surface area contributed by atoms with Crippen LogP contribution >= 0.6 is 0 Å². The summed E-state index contributed by atoms with van der Waals surface area (Å²) in [5.74, 6) is 2.57. The first-order valence-corrected chi connectivity index (χ1v) is 11.4. The van der Waals surface area contributed by atoms with Gasteiger partial charge in [-0.3, -0.25) is 4.79 Å². The third-order valence-electron chi connectivity index (χ3n) is 6.50. The van der Waals surface area contributed by atoms with Gasteiger partial charge < -0.3 is 19.1 Å². The molecular formula is C26H33NO4. The predicted molar refractivity (Wildman–Crippen MR) is 122 cm³/mol. The van der Waals surface area contributed by atoms with E-state index in [1.54, 1.807) is 7.11 Å². The van der Waals surface area contributed by atoms with E-state index < -0.39 is 0 Å². The molecule has 0 unspecified atom stereocenters. The third kappa shape index (κ3) is 5.21. The first kappa shape index (κ1) is 21.7. The summed E-state index contributed by atoms with van der Waals surface area (Å²) < 4.78 is 16.9. The molecule has 0 amide bonds. The molecule has 1 saturated heterocycles. The van der Waals surface area contributed by atoms with E-state index in [2.05, 4.69) is 36.1 Å². The molecule has 0 bridgehead atoms. The molecule has 0 radical (unpaired) electrons. The molecule has 2 aromatic rings. The smallest absolute Gasteiger partial charge is 0.136 e. The maximum Gasteiger partial charge on any atom is 0.136 e. The number of rotatable bonds is 10. The van der Waals surface area contributed by atoms with Crippen LogP contribution in [-0.4, -0.2) is 44.8 Å². The second kappa shape index (κ2) is 9.73. The van der Waals surface area contributed by atoms with Gasteiger partial charge in [-0.1, -0.05) is 19.1 Å². The van der Waals surface area contributed by atoms with Crippen molar-refractivity contribution < 1.29 is 19.0 Å². The second-order valence-electron chi connectivity index (χ2n) is 8.74. The zero-order valence-electron chi connectivity index (χ0n) is 18.8. The van der Waals surface area contributed by atoms with Gasteiger partial charge in [-0.25, -0.2) is 0 Å². The average molecular weight is 424 g/mol. The number of ketones is 1. The number of Topliss-reactive ketones (excluding diaryl/α,β-unsaturated/α-hetero) is 1. The van der Waals surface area contributed by atoms with Crippen LogP contribution in [0.4, 0.5) is 5.69 Å². The number of ether oxygens (including phenoxy) is 3. The molecule has 0 spiro atoms. The maximum atomic E-state index is 12.4. The SMILES string of the molecule is CCOc1ccc(N2CC(Oc3ccc([C@H](C)CC(=O)C4CC(OC)C4)cc3)C2)cc1. The van der Waals surface area contributed by atoms with Gasteiger partial charge >= 0.3 is 0 Å². The molecule has 5 nitrogen and oxygen atoms in total. The van der Waals surface area contributed by atoms with Gasteiger partial charge in [-0.15, -0.1) is 0 Å². The molecule has 1 aliphatic carbocycles. The summed E-state index contributed by atoms with van der Waals surface area (Å²) in [5, 5.41) is 0. The Morgan fingerprint density at radius 3 is 2.26 bits per heavy atom. The lowest BCUT2D eigenvalue weighted by molar-refractivity contribution is -0.130. The maximum absolute atomic E-state index is 12.4. The van der Waals surface area contributed by atoms with Gasteiger partial charge in [0.15, 0.2) is 0 Å². The number of methoxy groups -OCH3 is 1. The van der Waals surface area contributed by atoms with E-state index in [-0.39, 0.29) is 24.0 Å². The molecule has 0 N–H and O–H groups in total. The van der Waals surface area contributed by atoms with Crippen molar-refractivity contribution in [2.75, 3.05) is 31.7 Å². The summed E-state index contributed by atoms with van der Waals surface area (Å²) in [6, 6.07) is 16.5. The van der Waals surface area contributed by atoms with E-state index in [4.69, 9.17) is 14.2 Å². The van der Waals surface area contributed by atoms with Crippen LogP contribution in [0, 0.1) is 5.92 Å². The quantitative estimate of drug-likeness (QED) is 0.547. The van der Waals surface area contributed by atoms with Crippen molar-refractivity contribution in [2.45, 2.75) is 51.2 Å². The first-order chi connectivity index (χ1) is 15.1. The zero-order valence-corrected chi connectivity index (χ0v) is 18.8. The van der Waals surface area contributed by atoms with Crippen LogP contribution in [0.2, 0.25) is 0 Å². The topological polar surface area (TPSA) is 48.0 Å². The second-order valence-corrected chi connectivity index (χ2v) is 8.74. The van der Waals surface area contributed by atoms with E-state index >= 15 is 0 Å². The van der Waals surface area contributed by atoms with Crippen LogP contribution in [0.5, 0.6) is 11.5 Å². The fraction of sp³-hybridized carbons (Fsp3) is 0.500. The lowest BCUT2D eigenvalue weighted by atomic mass is 9.76. The molecular weight excluding hydrogens is 390 g/mol. The van der Waals surface area contributed by atoms with Crippen molar-refractivity contribution in [1.82, 2.24) is 0 Å². The Kier molecular flexibility index (Phi) is 6.81. The van der Waals surface area contributed by atoms with Crippen LogP contribution in [0.1, 0.15) is 44.6 Å². The summed E-state index contributed by atoms with van der Waals surface area (Å²) in [5.41, 5.74) is 2.38. The molecule has 0 aromatic heterocycles. The van der Waals surface area contributed by atoms with Crippen molar-refractivity contribution in [3.63, 3.8) is 0 Å². The first-order valence-electron chi connectivity index (χ1n) is 11.4. The largest absolute Gasteiger partial charge is 0.494 e. The van der Waals surface area contributed by atoms with E-state index in [0.717, 1.165) is 37.4 Å². The molecule has 166 valence electrons. The zero-order chi connectivity index (χ0) is 21.8. The predicted octanol–water partition coefficient (Wildman–Crippen LogP) is 4.84. The Bertz CT molecular complexity index is 852. The van der Waals surface area contributed by atoms with Crippen LogP contribution in [0.3, 0.4) is 0 Å². The van der Waals surface area contributed by atoms with Gasteiger partial charge in [0.2, 0.25) is 0 Å². The lowest BCUT2D eigenvalue weighted by Crippen LogP contribution is -2.54. The molecule has 1 heterocycles. The van der Waals surface area contributed by atoms with Gasteiger partial charge in [0.25, 0.3) is 0 Å². The number of hydrogen-bond acceptors (Lipinski definition) is 5. The van der Waals surface area contributed by atoms with Crippen LogP contribution < -0.4 is 14.4 Å². The molecule has 1 saturated carbocycles. The van der Waals surface area contributed by atoms with E-state index in [1.807, 2.05) is 31.2 Å². The van der Waals surface area contributed by atoms with Gasteiger partial charge in [0.05, 0.1) is 25.8 Å². The highest BCUT2D eigenvalue weighted by atomic mass is 16.5. The number of carbonyl (C=O) groups excluding carboxylic acids is 1. The Hall–Kier alpha value is -2.53. The van der Waals surface area contributed by atoms with E-state index in [9.17, 15) is 4.79 Å². The number of hydrogen-bond donors (Lipinski definition) is 0. The minimum absolute atomic E-state index is 0.187. The molecule has 2 fully saturated rings. The number of anilines is 1. The van der Waals surface area contributed by atoms with Gasteiger partial charge in [-0.2, -0.15) is 0 Å². The van der Waals surface area contributed by atoms with Crippen molar-refractivity contribution in [2.24, 2.45) is 5.92 Å². The standard InChI is InChI=1S/C26H33NO4/c1-4-30-22-11-7-21(8-12-22)27-16-25(17-27)31-23-9-5-19(6-10-23)18(2)13-26(28)20-14-24(15-20)29-3/h5-12,18,20,24-25H,4,13-17H2,1-3H3/t18-,20?,24?/m1/s1. The minimum Gasteiger partial charge on any atom is -0.494 e. The fourth-order valence-electron chi connectivity index (χ4n) is 4.32. The summed E-state index contributed by atoms with van der Waals surface area (Å²) in [6.07, 6.45) is 2.83. The Balaban J connectivity index is 1.21. The summed E-state index contributed by atoms with van der Waals surface area (Å²) >= 11 is 0. The van der Waals surface area contributed by atoms with E-state index in [1.165, 1.54) is 11.3 Å². The molecule has 2 aromatic carbocycles. The normalized spacial score (nSPS) is 21.7. The summed E-state index contributed by atoms with van der Waals surface area (Å²) in [7, 11) is 1.72. The highest BCUT2D eigenvalue weighted by Crippen LogP contribution is 2.34. The van der Waals surface area contributed by atoms with Crippen LogP contribution in [0.25, 0.3) is 0 Å².